The molecule has 7 heteroatoms. The number of carbonyl (C=O) groups excluding carboxylic acids is 1. The van der Waals surface area contributed by atoms with Crippen LogP contribution in [-0.4, -0.2) is 33.4 Å². The number of hydrogen-bond donors (Lipinski definition) is 2. The van der Waals surface area contributed by atoms with E-state index in [0.29, 0.717) is 17.1 Å². The molecule has 94 valence electrons. The zero-order valence-electron chi connectivity index (χ0n) is 9.56. The second-order valence-corrected chi connectivity index (χ2v) is 5.72. The summed E-state index contributed by atoms with van der Waals surface area (Å²) in [6.45, 7) is 0. The van der Waals surface area contributed by atoms with Gasteiger partial charge in [-0.05, 0) is 12.1 Å². The van der Waals surface area contributed by atoms with Gasteiger partial charge in [0.2, 0.25) is 5.91 Å². The van der Waals surface area contributed by atoms with Crippen LogP contribution in [0.5, 0.6) is 5.75 Å². The summed E-state index contributed by atoms with van der Waals surface area (Å²) < 4.78 is 26.9. The van der Waals surface area contributed by atoms with Crippen LogP contribution in [0.3, 0.4) is 0 Å². The summed E-state index contributed by atoms with van der Waals surface area (Å²) in [5, 5.41) is 2.45. The molecule has 6 nitrogen and oxygen atoms in total. The van der Waals surface area contributed by atoms with Gasteiger partial charge in [0.1, 0.15) is 11.5 Å². The van der Waals surface area contributed by atoms with Crippen molar-refractivity contribution in [3.05, 3.63) is 18.2 Å². The van der Waals surface area contributed by atoms with Gasteiger partial charge in [-0.3, -0.25) is 4.79 Å². The van der Waals surface area contributed by atoms with Gasteiger partial charge in [-0.1, -0.05) is 0 Å². The van der Waals surface area contributed by atoms with Crippen molar-refractivity contribution in [2.24, 2.45) is 0 Å². The summed E-state index contributed by atoms with van der Waals surface area (Å²) >= 11 is 0. The molecule has 0 saturated heterocycles. The number of benzene rings is 1. The van der Waals surface area contributed by atoms with Crippen molar-refractivity contribution in [3.8, 4) is 5.75 Å². The van der Waals surface area contributed by atoms with Crippen LogP contribution in [0.1, 0.15) is 0 Å². The predicted molar refractivity (Wildman–Crippen MR) is 65.7 cm³/mol. The lowest BCUT2D eigenvalue weighted by atomic mass is 10.2. The lowest BCUT2D eigenvalue weighted by Crippen LogP contribution is -2.22. The van der Waals surface area contributed by atoms with Crippen LogP contribution in [0.15, 0.2) is 18.2 Å². The van der Waals surface area contributed by atoms with E-state index in [1.54, 1.807) is 12.1 Å². The molecule has 0 unspecified atom stereocenters. The molecule has 1 aromatic carbocycles. The average Bonchev–Trinajstić information content (AvgIpc) is 2.17. The Labute approximate surface area is 99.7 Å². The number of methoxy groups -OCH3 is 1. The first-order chi connectivity index (χ1) is 7.81. The lowest BCUT2D eigenvalue weighted by molar-refractivity contribution is -0.113. The van der Waals surface area contributed by atoms with Crippen molar-refractivity contribution >= 4 is 27.1 Å². The number of hydrogen-bond acceptors (Lipinski definition) is 5. The van der Waals surface area contributed by atoms with Crippen molar-refractivity contribution in [2.75, 3.05) is 30.2 Å². The van der Waals surface area contributed by atoms with E-state index >= 15 is 0 Å². The maximum atomic E-state index is 11.4. The van der Waals surface area contributed by atoms with Crippen LogP contribution in [-0.2, 0) is 14.6 Å². The Morgan fingerprint density at radius 3 is 2.65 bits per heavy atom. The van der Waals surface area contributed by atoms with E-state index in [0.717, 1.165) is 6.26 Å². The number of nitrogens with one attached hydrogen (secondary N) is 1. The minimum atomic E-state index is -3.35. The summed E-state index contributed by atoms with van der Waals surface area (Å²) in [7, 11) is -1.92. The Balaban J connectivity index is 2.85. The highest BCUT2D eigenvalue weighted by molar-refractivity contribution is 7.91. The Bertz CT molecular complexity index is 525. The SMILES string of the molecule is COc1cc(N)ccc1NC(=O)CS(C)(=O)=O. The van der Waals surface area contributed by atoms with Crippen LogP contribution in [0.25, 0.3) is 0 Å². The van der Waals surface area contributed by atoms with E-state index in [1.807, 2.05) is 0 Å². The zero-order valence-corrected chi connectivity index (χ0v) is 10.4. The highest BCUT2D eigenvalue weighted by atomic mass is 32.2. The second-order valence-electron chi connectivity index (χ2n) is 3.58. The highest BCUT2D eigenvalue weighted by Gasteiger charge is 2.13. The average molecular weight is 258 g/mol. The largest absolute Gasteiger partial charge is 0.494 e. The maximum absolute atomic E-state index is 11.4. The molecular formula is C10H14N2O4S. The van der Waals surface area contributed by atoms with Crippen molar-refractivity contribution in [1.82, 2.24) is 0 Å². The molecule has 0 aromatic heterocycles. The Kier molecular flexibility index (Phi) is 3.95. The van der Waals surface area contributed by atoms with Gasteiger partial charge in [-0.2, -0.15) is 0 Å². The molecule has 0 aliphatic rings. The Morgan fingerprint density at radius 1 is 1.47 bits per heavy atom. The summed E-state index contributed by atoms with van der Waals surface area (Å²) in [5.41, 5.74) is 6.42. The van der Waals surface area contributed by atoms with E-state index in [1.165, 1.54) is 13.2 Å². The molecule has 3 N–H and O–H groups in total. The third-order valence-corrected chi connectivity index (χ3v) is 2.68. The maximum Gasteiger partial charge on any atom is 0.239 e. The highest BCUT2D eigenvalue weighted by Crippen LogP contribution is 2.26. The van der Waals surface area contributed by atoms with E-state index in [-0.39, 0.29) is 0 Å². The summed E-state index contributed by atoms with van der Waals surface area (Å²) in [6.07, 6.45) is 0.993. The number of rotatable bonds is 4. The van der Waals surface area contributed by atoms with Crippen molar-refractivity contribution in [1.29, 1.82) is 0 Å². The predicted octanol–water partition coefficient (Wildman–Crippen LogP) is 0.261. The van der Waals surface area contributed by atoms with Gasteiger partial charge in [0.05, 0.1) is 12.8 Å². The van der Waals surface area contributed by atoms with Gasteiger partial charge >= 0.3 is 0 Å². The minimum Gasteiger partial charge on any atom is -0.494 e. The summed E-state index contributed by atoms with van der Waals surface area (Å²) in [4.78, 5) is 11.4. The molecule has 0 bridgehead atoms. The number of carbonyl (C=O) groups is 1. The molecule has 1 amide bonds. The molecule has 0 fully saturated rings. The van der Waals surface area contributed by atoms with Gasteiger partial charge in [0, 0.05) is 18.0 Å². The van der Waals surface area contributed by atoms with Crippen molar-refractivity contribution in [2.45, 2.75) is 0 Å². The Morgan fingerprint density at radius 2 is 2.12 bits per heavy atom. The van der Waals surface area contributed by atoms with E-state index in [9.17, 15) is 13.2 Å². The smallest absolute Gasteiger partial charge is 0.239 e. The molecule has 0 saturated carbocycles. The normalized spacial score (nSPS) is 10.9. The number of nitrogen functional groups attached to an aromatic ring is 1. The molecule has 0 aliphatic carbocycles. The molecule has 0 spiro atoms. The molecule has 0 atom stereocenters. The fourth-order valence-electron chi connectivity index (χ4n) is 1.24. The van der Waals surface area contributed by atoms with Crippen LogP contribution >= 0.6 is 0 Å². The molecule has 0 aliphatic heterocycles. The topological polar surface area (TPSA) is 98.5 Å². The molecule has 17 heavy (non-hydrogen) atoms. The number of sulfone groups is 1. The third-order valence-electron chi connectivity index (χ3n) is 1.89. The van der Waals surface area contributed by atoms with E-state index in [4.69, 9.17) is 10.5 Å². The first-order valence-electron chi connectivity index (χ1n) is 4.73. The summed E-state index contributed by atoms with van der Waals surface area (Å²) in [5.74, 6) is -0.803. The van der Waals surface area contributed by atoms with Gasteiger partial charge in [0.15, 0.2) is 9.84 Å². The molecule has 0 radical (unpaired) electrons. The van der Waals surface area contributed by atoms with Crippen molar-refractivity contribution < 1.29 is 17.9 Å². The van der Waals surface area contributed by atoms with E-state index in [2.05, 4.69) is 5.32 Å². The van der Waals surface area contributed by atoms with Crippen LogP contribution in [0, 0.1) is 0 Å². The van der Waals surface area contributed by atoms with Crippen LogP contribution < -0.4 is 15.8 Å². The quantitative estimate of drug-likeness (QED) is 0.755. The van der Waals surface area contributed by atoms with Gasteiger partial charge < -0.3 is 15.8 Å². The fraction of sp³-hybridized carbons (Fsp3) is 0.300. The minimum absolute atomic E-state index is 0.381. The van der Waals surface area contributed by atoms with Crippen LogP contribution in [0.2, 0.25) is 0 Å². The number of amides is 1. The number of nitrogens with two attached hydrogens (primary N) is 1. The third kappa shape index (κ3) is 4.31. The molecular weight excluding hydrogens is 244 g/mol. The van der Waals surface area contributed by atoms with Gasteiger partial charge in [-0.25, -0.2) is 8.42 Å². The second kappa shape index (κ2) is 5.05. The van der Waals surface area contributed by atoms with Gasteiger partial charge in [0.25, 0.3) is 0 Å². The fourth-order valence-corrected chi connectivity index (χ4v) is 1.78. The number of ether oxygens (including phenoxy) is 1. The van der Waals surface area contributed by atoms with Crippen molar-refractivity contribution in [3.63, 3.8) is 0 Å². The zero-order chi connectivity index (χ0) is 13.1. The Hall–Kier alpha value is -1.76. The van der Waals surface area contributed by atoms with Gasteiger partial charge in [-0.15, -0.1) is 0 Å². The first-order valence-corrected chi connectivity index (χ1v) is 6.79. The number of anilines is 2. The molecule has 0 heterocycles. The molecule has 1 rings (SSSR count). The standard InChI is InChI=1S/C10H14N2O4S/c1-16-9-5-7(11)3-4-8(9)12-10(13)6-17(2,14)15/h3-5H,6,11H2,1-2H3,(H,12,13). The first kappa shape index (κ1) is 13.3. The molecule has 1 aromatic rings. The summed E-state index contributed by atoms with van der Waals surface area (Å²) in [6, 6.07) is 4.67. The van der Waals surface area contributed by atoms with E-state index < -0.39 is 21.5 Å². The lowest BCUT2D eigenvalue weighted by Gasteiger charge is -2.10. The van der Waals surface area contributed by atoms with Crippen LogP contribution in [0.4, 0.5) is 11.4 Å². The monoisotopic (exact) mass is 258 g/mol.